The second-order valence-electron chi connectivity index (χ2n) is 8.14. The van der Waals surface area contributed by atoms with E-state index < -0.39 is 0 Å². The number of likely N-dealkylation sites (tertiary alicyclic amines) is 1. The number of aryl methyl sites for hydroxylation is 1. The summed E-state index contributed by atoms with van der Waals surface area (Å²) in [6.45, 7) is 4.63. The van der Waals surface area contributed by atoms with E-state index in [1.54, 1.807) is 11.3 Å². The average Bonchev–Trinajstić information content (AvgIpc) is 3.47. The highest BCUT2D eigenvalue weighted by molar-refractivity contribution is 7.08. The number of carbonyl (C=O) groups excluding carboxylic acids is 1. The Balaban J connectivity index is 1.48. The summed E-state index contributed by atoms with van der Waals surface area (Å²) in [4.78, 5) is 22.2. The monoisotopic (exact) mass is 410 g/mol. The Morgan fingerprint density at radius 2 is 2.17 bits per heavy atom. The van der Waals surface area contributed by atoms with Crippen molar-refractivity contribution in [3.63, 3.8) is 0 Å². The molecule has 0 aliphatic carbocycles. The number of hydrogen-bond donors (Lipinski definition) is 1. The van der Waals surface area contributed by atoms with Gasteiger partial charge in [-0.3, -0.25) is 4.79 Å². The predicted octanol–water partition coefficient (Wildman–Crippen LogP) is 3.00. The van der Waals surface area contributed by atoms with Crippen molar-refractivity contribution in [3.05, 3.63) is 45.9 Å². The minimum atomic E-state index is 0.00168. The SMILES string of the molecule is Cc1cn2nc([C@@H]3CCCCN3C(=O)c3ccsc3)cc2nc1N1CC[C@H](N)C1. The molecule has 0 unspecified atom stereocenters. The Morgan fingerprint density at radius 1 is 1.28 bits per heavy atom. The lowest BCUT2D eigenvalue weighted by molar-refractivity contribution is 0.0606. The van der Waals surface area contributed by atoms with Gasteiger partial charge in [-0.15, -0.1) is 0 Å². The van der Waals surface area contributed by atoms with Crippen LogP contribution in [0.5, 0.6) is 0 Å². The molecule has 2 aliphatic heterocycles. The summed E-state index contributed by atoms with van der Waals surface area (Å²) in [5.74, 6) is 1.09. The van der Waals surface area contributed by atoms with Gasteiger partial charge >= 0.3 is 0 Å². The van der Waals surface area contributed by atoms with Crippen molar-refractivity contribution in [2.24, 2.45) is 5.73 Å². The van der Waals surface area contributed by atoms with Gasteiger partial charge in [0.1, 0.15) is 5.82 Å². The number of nitrogens with zero attached hydrogens (tertiary/aromatic N) is 5. The highest BCUT2D eigenvalue weighted by atomic mass is 32.1. The number of piperidine rings is 1. The van der Waals surface area contributed by atoms with Gasteiger partial charge in [0.2, 0.25) is 0 Å². The molecule has 3 aromatic rings. The average molecular weight is 411 g/mol. The van der Waals surface area contributed by atoms with Crippen molar-refractivity contribution in [3.8, 4) is 0 Å². The van der Waals surface area contributed by atoms with Gasteiger partial charge < -0.3 is 15.5 Å². The Labute approximate surface area is 174 Å². The fourth-order valence-corrected chi connectivity index (χ4v) is 5.15. The maximum absolute atomic E-state index is 13.0. The smallest absolute Gasteiger partial charge is 0.255 e. The molecule has 2 atom stereocenters. The van der Waals surface area contributed by atoms with E-state index in [1.807, 2.05) is 38.5 Å². The van der Waals surface area contributed by atoms with Gasteiger partial charge in [-0.25, -0.2) is 9.50 Å². The molecule has 8 heteroatoms. The van der Waals surface area contributed by atoms with Gasteiger partial charge in [-0.1, -0.05) is 0 Å². The van der Waals surface area contributed by atoms with E-state index in [0.717, 1.165) is 73.6 Å². The van der Waals surface area contributed by atoms with E-state index >= 15 is 0 Å². The molecule has 5 rings (SSSR count). The van der Waals surface area contributed by atoms with Crippen LogP contribution < -0.4 is 10.6 Å². The van der Waals surface area contributed by atoms with Crippen molar-refractivity contribution in [1.29, 1.82) is 0 Å². The van der Waals surface area contributed by atoms with Gasteiger partial charge in [-0.2, -0.15) is 16.4 Å². The molecule has 3 aromatic heterocycles. The summed E-state index contributed by atoms with van der Waals surface area (Å²) in [7, 11) is 0. The first-order valence-electron chi connectivity index (χ1n) is 10.3. The Kier molecular flexibility index (Phi) is 4.75. The van der Waals surface area contributed by atoms with Crippen LogP contribution in [0.15, 0.2) is 29.1 Å². The molecule has 2 aliphatic rings. The molecule has 2 fully saturated rings. The zero-order chi connectivity index (χ0) is 20.0. The molecule has 0 bridgehead atoms. The number of anilines is 1. The summed E-state index contributed by atoms with van der Waals surface area (Å²) in [6, 6.07) is 4.16. The van der Waals surface area contributed by atoms with Gasteiger partial charge in [0.25, 0.3) is 5.91 Å². The van der Waals surface area contributed by atoms with Crippen molar-refractivity contribution in [1.82, 2.24) is 19.5 Å². The minimum absolute atomic E-state index is 0.00168. The topological polar surface area (TPSA) is 79.8 Å². The van der Waals surface area contributed by atoms with Crippen molar-refractivity contribution < 1.29 is 4.79 Å². The summed E-state index contributed by atoms with van der Waals surface area (Å²) in [5.41, 5.74) is 9.71. The summed E-state index contributed by atoms with van der Waals surface area (Å²) in [5, 5.41) is 8.69. The van der Waals surface area contributed by atoms with Crippen molar-refractivity contribution >= 4 is 28.7 Å². The highest BCUT2D eigenvalue weighted by Gasteiger charge is 2.31. The van der Waals surface area contributed by atoms with Crippen LogP contribution in [0.2, 0.25) is 0 Å². The zero-order valence-corrected chi connectivity index (χ0v) is 17.4. The third-order valence-electron chi connectivity index (χ3n) is 6.02. The fourth-order valence-electron chi connectivity index (χ4n) is 4.52. The number of carbonyl (C=O) groups is 1. The number of amides is 1. The first-order chi connectivity index (χ1) is 14.1. The van der Waals surface area contributed by atoms with Gasteiger partial charge in [0, 0.05) is 48.9 Å². The van der Waals surface area contributed by atoms with E-state index in [-0.39, 0.29) is 18.0 Å². The first-order valence-corrected chi connectivity index (χ1v) is 11.2. The molecular formula is C21H26N6OS. The fraction of sp³-hybridized carbons (Fsp3) is 0.476. The van der Waals surface area contributed by atoms with E-state index in [9.17, 15) is 4.79 Å². The van der Waals surface area contributed by atoms with E-state index in [1.165, 1.54) is 0 Å². The van der Waals surface area contributed by atoms with Crippen LogP contribution in [-0.4, -0.2) is 51.1 Å². The zero-order valence-electron chi connectivity index (χ0n) is 16.6. The number of thiophene rings is 1. The van der Waals surface area contributed by atoms with Crippen LogP contribution in [-0.2, 0) is 0 Å². The number of fused-ring (bicyclic) bond motifs is 1. The van der Waals surface area contributed by atoms with E-state index in [2.05, 4.69) is 11.8 Å². The van der Waals surface area contributed by atoms with Crippen LogP contribution in [0.3, 0.4) is 0 Å². The Hall–Kier alpha value is -2.45. The summed E-state index contributed by atoms with van der Waals surface area (Å²) >= 11 is 1.56. The summed E-state index contributed by atoms with van der Waals surface area (Å²) in [6.07, 6.45) is 6.12. The Morgan fingerprint density at radius 3 is 2.93 bits per heavy atom. The third kappa shape index (κ3) is 3.40. The first kappa shape index (κ1) is 18.6. The maximum atomic E-state index is 13.0. The summed E-state index contributed by atoms with van der Waals surface area (Å²) < 4.78 is 1.85. The second kappa shape index (κ2) is 7.42. The number of nitrogens with two attached hydrogens (primary N) is 1. The number of aromatic nitrogens is 3. The normalized spacial score (nSPS) is 22.6. The van der Waals surface area contributed by atoms with Gasteiger partial charge in [-0.05, 0) is 44.1 Å². The van der Waals surface area contributed by atoms with Gasteiger partial charge in [0.15, 0.2) is 5.65 Å². The number of rotatable bonds is 3. The third-order valence-corrected chi connectivity index (χ3v) is 6.70. The molecule has 7 nitrogen and oxygen atoms in total. The predicted molar refractivity (Wildman–Crippen MR) is 114 cm³/mol. The maximum Gasteiger partial charge on any atom is 0.255 e. The molecule has 0 saturated carbocycles. The standard InChI is InChI=1S/C21H26N6OS/c1-14-11-27-19(23-20(14)25-8-5-16(22)12-25)10-17(24-27)18-4-2-3-7-26(18)21(28)15-6-9-29-13-15/h6,9-11,13,16,18H,2-5,7-8,12,22H2,1H3/t16-,18-/m0/s1. The largest absolute Gasteiger partial charge is 0.355 e. The lowest BCUT2D eigenvalue weighted by atomic mass is 9.98. The molecule has 152 valence electrons. The Bertz CT molecular complexity index is 1030. The second-order valence-corrected chi connectivity index (χ2v) is 8.92. The lowest BCUT2D eigenvalue weighted by Gasteiger charge is -2.34. The molecule has 5 heterocycles. The van der Waals surface area contributed by atoms with Crippen LogP contribution in [0, 0.1) is 6.92 Å². The molecular weight excluding hydrogens is 384 g/mol. The molecule has 29 heavy (non-hydrogen) atoms. The quantitative estimate of drug-likeness (QED) is 0.718. The van der Waals surface area contributed by atoms with E-state index in [4.69, 9.17) is 15.8 Å². The molecule has 0 radical (unpaired) electrons. The van der Waals surface area contributed by atoms with E-state index in [0.29, 0.717) is 0 Å². The van der Waals surface area contributed by atoms with Crippen LogP contribution in [0.4, 0.5) is 5.82 Å². The van der Waals surface area contributed by atoms with Crippen LogP contribution >= 0.6 is 11.3 Å². The van der Waals surface area contributed by atoms with Crippen molar-refractivity contribution in [2.45, 2.75) is 44.7 Å². The van der Waals surface area contributed by atoms with Crippen LogP contribution in [0.25, 0.3) is 5.65 Å². The van der Waals surface area contributed by atoms with Crippen LogP contribution in [0.1, 0.15) is 53.3 Å². The lowest BCUT2D eigenvalue weighted by Crippen LogP contribution is -2.38. The number of hydrogen-bond acceptors (Lipinski definition) is 6. The molecule has 1 amide bonds. The minimum Gasteiger partial charge on any atom is -0.355 e. The molecule has 2 saturated heterocycles. The highest BCUT2D eigenvalue weighted by Crippen LogP contribution is 2.33. The molecule has 0 aromatic carbocycles. The molecule has 2 N–H and O–H groups in total. The van der Waals surface area contributed by atoms with Crippen molar-refractivity contribution in [2.75, 3.05) is 24.5 Å². The van der Waals surface area contributed by atoms with Gasteiger partial charge in [0.05, 0.1) is 17.3 Å². The molecule has 0 spiro atoms.